The van der Waals surface area contributed by atoms with Gasteiger partial charge in [-0.2, -0.15) is 0 Å². The van der Waals surface area contributed by atoms with Crippen molar-refractivity contribution < 1.29 is 24.5 Å². The maximum absolute atomic E-state index is 12.1. The molecule has 0 spiro atoms. The summed E-state index contributed by atoms with van der Waals surface area (Å²) in [7, 11) is 0. The van der Waals surface area contributed by atoms with Gasteiger partial charge >= 0.3 is 11.9 Å². The van der Waals surface area contributed by atoms with Gasteiger partial charge in [0, 0.05) is 22.3 Å². The first-order chi connectivity index (χ1) is 13.3. The molecule has 5 N–H and O–H groups in total. The van der Waals surface area contributed by atoms with Crippen LogP contribution in [0.25, 0.3) is 11.1 Å². The van der Waals surface area contributed by atoms with E-state index in [1.165, 1.54) is 24.4 Å². The predicted molar refractivity (Wildman–Crippen MR) is 103 cm³/mol. The highest BCUT2D eigenvalue weighted by Crippen LogP contribution is 2.32. The number of hydrogen-bond acceptors (Lipinski definition) is 6. The largest absolute Gasteiger partial charge is 0.478 e. The fourth-order valence-electron chi connectivity index (χ4n) is 2.59. The predicted octanol–water partition coefficient (Wildman–Crippen LogP) is 2.97. The van der Waals surface area contributed by atoms with Crippen LogP contribution in [0.2, 0.25) is 0 Å². The molecule has 3 rings (SSSR count). The minimum Gasteiger partial charge on any atom is -0.478 e. The van der Waals surface area contributed by atoms with E-state index in [1.54, 1.807) is 18.2 Å². The van der Waals surface area contributed by atoms with Crippen molar-refractivity contribution in [2.45, 2.75) is 0 Å². The van der Waals surface area contributed by atoms with E-state index in [9.17, 15) is 24.6 Å². The van der Waals surface area contributed by atoms with Crippen LogP contribution < -0.4 is 16.0 Å². The van der Waals surface area contributed by atoms with Gasteiger partial charge in [-0.1, -0.05) is 12.1 Å². The average Bonchev–Trinajstić information content (AvgIpc) is 2.62. The van der Waals surface area contributed by atoms with Gasteiger partial charge in [0.2, 0.25) is 5.88 Å². The number of nitrogens with one attached hydrogen (secondary N) is 1. The third-order valence-corrected chi connectivity index (χ3v) is 4.19. The third kappa shape index (κ3) is 3.71. The number of aromatic nitrogens is 2. The molecule has 0 radical (unpaired) electrons. The smallest absolute Gasteiger partial charge is 0.342 e. The summed E-state index contributed by atoms with van der Waals surface area (Å²) in [5.41, 5.74) is 3.20. The molecule has 0 aliphatic heterocycles. The Kier molecular flexibility index (Phi) is 5.14. The van der Waals surface area contributed by atoms with E-state index < -0.39 is 34.4 Å². The molecule has 10 heteroatoms. The number of pyridine rings is 2. The van der Waals surface area contributed by atoms with Crippen molar-refractivity contribution in [3.63, 3.8) is 0 Å². The van der Waals surface area contributed by atoms with Crippen LogP contribution in [0.15, 0.2) is 51.9 Å². The standard InChI is InChI=1S/C18H12BrN3O6/c19-9-4-5-11(21-7-9)28-10-3-1-2-8(6-10)12-13(17(24)25)15(20)22-16(23)14(12)18(26)27/h1-7H,(H,24,25)(H,26,27)(H3,20,22,23). The number of ether oxygens (including phenoxy) is 1. The van der Waals surface area contributed by atoms with Crippen molar-refractivity contribution >= 4 is 33.7 Å². The topological polar surface area (TPSA) is 156 Å². The van der Waals surface area contributed by atoms with Crippen LogP contribution in [0.1, 0.15) is 20.7 Å². The lowest BCUT2D eigenvalue weighted by Crippen LogP contribution is -2.24. The molecule has 0 aliphatic carbocycles. The maximum Gasteiger partial charge on any atom is 0.342 e. The molecule has 0 saturated carbocycles. The number of benzene rings is 1. The van der Waals surface area contributed by atoms with Crippen molar-refractivity contribution in [1.29, 1.82) is 0 Å². The van der Waals surface area contributed by atoms with Crippen LogP contribution >= 0.6 is 15.9 Å². The summed E-state index contributed by atoms with van der Waals surface area (Å²) in [5.74, 6) is -2.98. The van der Waals surface area contributed by atoms with Gasteiger partial charge in [0.1, 0.15) is 22.7 Å². The van der Waals surface area contributed by atoms with E-state index in [0.29, 0.717) is 0 Å². The number of nitrogens with two attached hydrogens (primary N) is 1. The summed E-state index contributed by atoms with van der Waals surface area (Å²) in [5, 5.41) is 18.9. The summed E-state index contributed by atoms with van der Waals surface area (Å²) in [6.07, 6.45) is 1.53. The highest BCUT2D eigenvalue weighted by molar-refractivity contribution is 9.10. The maximum atomic E-state index is 12.1. The minimum atomic E-state index is -1.58. The number of carboxylic acids is 2. The van der Waals surface area contributed by atoms with Gasteiger partial charge in [0.15, 0.2) is 0 Å². The molecule has 0 fully saturated rings. The Morgan fingerprint density at radius 1 is 1.11 bits per heavy atom. The lowest BCUT2D eigenvalue weighted by molar-refractivity contribution is 0.0695. The van der Waals surface area contributed by atoms with Gasteiger partial charge in [-0.15, -0.1) is 0 Å². The average molecular weight is 446 g/mol. The van der Waals surface area contributed by atoms with Crippen LogP contribution in [0.4, 0.5) is 5.82 Å². The molecule has 9 nitrogen and oxygen atoms in total. The molecule has 0 unspecified atom stereocenters. The summed E-state index contributed by atoms with van der Waals surface area (Å²) in [4.78, 5) is 41.5. The monoisotopic (exact) mass is 445 g/mol. The van der Waals surface area contributed by atoms with Crippen LogP contribution in [0.5, 0.6) is 11.6 Å². The van der Waals surface area contributed by atoms with Crippen molar-refractivity contribution in [2.24, 2.45) is 0 Å². The van der Waals surface area contributed by atoms with Crippen molar-refractivity contribution in [1.82, 2.24) is 9.97 Å². The summed E-state index contributed by atoms with van der Waals surface area (Å²) in [6.45, 7) is 0. The number of aromatic amines is 1. The molecule has 142 valence electrons. The molecule has 0 aliphatic rings. The summed E-state index contributed by atoms with van der Waals surface area (Å²) < 4.78 is 6.37. The number of nitrogen functional groups attached to an aromatic ring is 1. The van der Waals surface area contributed by atoms with Gasteiger partial charge in [-0.05, 0) is 39.7 Å². The van der Waals surface area contributed by atoms with Crippen molar-refractivity contribution in [3.8, 4) is 22.8 Å². The normalized spacial score (nSPS) is 10.5. The van der Waals surface area contributed by atoms with Crippen LogP contribution in [0.3, 0.4) is 0 Å². The van der Waals surface area contributed by atoms with Crippen molar-refractivity contribution in [3.05, 3.63) is 68.5 Å². The zero-order valence-corrected chi connectivity index (χ0v) is 15.6. The zero-order valence-electron chi connectivity index (χ0n) is 14.0. The Labute approximate surface area is 165 Å². The fraction of sp³-hybridized carbons (Fsp3) is 0. The summed E-state index contributed by atoms with van der Waals surface area (Å²) >= 11 is 3.26. The number of carboxylic acid groups (broad SMARTS) is 2. The van der Waals surface area contributed by atoms with Gasteiger partial charge in [-0.25, -0.2) is 14.6 Å². The molecule has 0 atom stereocenters. The number of rotatable bonds is 5. The Balaban J connectivity index is 2.18. The van der Waals surface area contributed by atoms with Gasteiger partial charge in [0.05, 0.1) is 0 Å². The van der Waals surface area contributed by atoms with Crippen LogP contribution in [-0.2, 0) is 0 Å². The van der Waals surface area contributed by atoms with E-state index in [1.807, 2.05) is 0 Å². The molecule has 3 aromatic rings. The first-order valence-corrected chi connectivity index (χ1v) is 8.49. The molecular formula is C18H12BrN3O6. The molecular weight excluding hydrogens is 434 g/mol. The van der Waals surface area contributed by atoms with E-state index in [2.05, 4.69) is 25.9 Å². The molecule has 28 heavy (non-hydrogen) atoms. The number of hydrogen-bond donors (Lipinski definition) is 4. The number of halogens is 1. The third-order valence-electron chi connectivity index (χ3n) is 3.72. The number of carbonyl (C=O) groups is 2. The first kappa shape index (κ1) is 19.1. The summed E-state index contributed by atoms with van der Waals surface area (Å²) in [6, 6.07) is 9.27. The lowest BCUT2D eigenvalue weighted by Gasteiger charge is -2.13. The quantitative estimate of drug-likeness (QED) is 0.466. The molecule has 0 amide bonds. The fourth-order valence-corrected chi connectivity index (χ4v) is 2.83. The second kappa shape index (κ2) is 7.53. The van der Waals surface area contributed by atoms with Gasteiger partial charge in [0.25, 0.3) is 5.56 Å². The van der Waals surface area contributed by atoms with Gasteiger partial charge < -0.3 is 25.7 Å². The van der Waals surface area contributed by atoms with Gasteiger partial charge in [-0.3, -0.25) is 4.79 Å². The Hall–Kier alpha value is -3.66. The number of anilines is 1. The van der Waals surface area contributed by atoms with E-state index in [-0.39, 0.29) is 22.8 Å². The Morgan fingerprint density at radius 2 is 1.82 bits per heavy atom. The highest BCUT2D eigenvalue weighted by atomic mass is 79.9. The highest BCUT2D eigenvalue weighted by Gasteiger charge is 2.26. The van der Waals surface area contributed by atoms with E-state index >= 15 is 0 Å². The zero-order chi connectivity index (χ0) is 20.4. The minimum absolute atomic E-state index is 0.141. The Bertz CT molecular complexity index is 1140. The lowest BCUT2D eigenvalue weighted by atomic mass is 9.95. The molecule has 2 heterocycles. The SMILES string of the molecule is Nc1[nH]c(=O)c(C(=O)O)c(-c2cccc(Oc3ccc(Br)cn3)c2)c1C(=O)O. The van der Waals surface area contributed by atoms with Crippen LogP contribution in [0, 0.1) is 0 Å². The Morgan fingerprint density at radius 3 is 2.43 bits per heavy atom. The van der Waals surface area contributed by atoms with Crippen molar-refractivity contribution in [2.75, 3.05) is 5.73 Å². The van der Waals surface area contributed by atoms with Crippen LogP contribution in [-0.4, -0.2) is 32.1 Å². The number of H-pyrrole nitrogens is 1. The molecule has 0 saturated heterocycles. The molecule has 2 aromatic heterocycles. The number of nitrogens with zero attached hydrogens (tertiary/aromatic N) is 1. The second-order valence-corrected chi connectivity index (χ2v) is 6.46. The second-order valence-electron chi connectivity index (χ2n) is 5.55. The molecule has 1 aromatic carbocycles. The number of aromatic carboxylic acids is 2. The molecule has 0 bridgehead atoms. The van der Waals surface area contributed by atoms with E-state index in [0.717, 1.165) is 4.47 Å². The van der Waals surface area contributed by atoms with E-state index in [4.69, 9.17) is 10.5 Å². The first-order valence-electron chi connectivity index (χ1n) is 7.70.